The van der Waals surface area contributed by atoms with Crippen molar-refractivity contribution in [3.63, 3.8) is 0 Å². The molecule has 54 valence electrons. The van der Waals surface area contributed by atoms with Gasteiger partial charge in [0.15, 0.2) is 0 Å². The van der Waals surface area contributed by atoms with Crippen molar-refractivity contribution in [2.45, 2.75) is 18.4 Å². The highest BCUT2D eigenvalue weighted by Gasteiger charge is 2.38. The second kappa shape index (κ2) is 2.19. The quantitative estimate of drug-likeness (QED) is 0.532. The Labute approximate surface area is 51.9 Å². The van der Waals surface area contributed by atoms with Crippen LogP contribution in [0.4, 0.5) is 8.78 Å². The molecule has 4 heteroatoms. The standard InChI is InChI=1S/C5H9F2NO/c6-5(7)1-4(2-9)8-3-5/h4,8-9H,1-3H2/t4-/m0/s1. The first kappa shape index (κ1) is 6.89. The molecule has 1 saturated heterocycles. The number of hydrogen-bond donors (Lipinski definition) is 2. The van der Waals surface area contributed by atoms with Crippen LogP contribution >= 0.6 is 0 Å². The summed E-state index contributed by atoms with van der Waals surface area (Å²) in [4.78, 5) is 0. The molecular weight excluding hydrogens is 128 g/mol. The van der Waals surface area contributed by atoms with Crippen molar-refractivity contribution in [2.24, 2.45) is 0 Å². The van der Waals surface area contributed by atoms with Gasteiger partial charge in [0.05, 0.1) is 13.2 Å². The average Bonchev–Trinajstić information content (AvgIpc) is 2.10. The zero-order valence-electron chi connectivity index (χ0n) is 4.90. The average molecular weight is 137 g/mol. The second-order valence-corrected chi connectivity index (χ2v) is 2.32. The largest absolute Gasteiger partial charge is 0.395 e. The lowest BCUT2D eigenvalue weighted by Crippen LogP contribution is -2.25. The Morgan fingerprint density at radius 2 is 2.33 bits per heavy atom. The third kappa shape index (κ3) is 1.59. The highest BCUT2D eigenvalue weighted by atomic mass is 19.3. The number of aliphatic hydroxyl groups excluding tert-OH is 1. The fourth-order valence-corrected chi connectivity index (χ4v) is 0.928. The van der Waals surface area contributed by atoms with Crippen molar-refractivity contribution >= 4 is 0 Å². The van der Waals surface area contributed by atoms with E-state index in [2.05, 4.69) is 5.32 Å². The van der Waals surface area contributed by atoms with Crippen LogP contribution in [-0.2, 0) is 0 Å². The van der Waals surface area contributed by atoms with E-state index in [4.69, 9.17) is 5.11 Å². The van der Waals surface area contributed by atoms with E-state index in [0.717, 1.165) is 0 Å². The van der Waals surface area contributed by atoms with Crippen molar-refractivity contribution in [1.29, 1.82) is 0 Å². The highest BCUT2D eigenvalue weighted by Crippen LogP contribution is 2.24. The van der Waals surface area contributed by atoms with Crippen molar-refractivity contribution in [3.8, 4) is 0 Å². The summed E-state index contributed by atoms with van der Waals surface area (Å²) in [5, 5.41) is 10.9. The van der Waals surface area contributed by atoms with Crippen LogP contribution in [-0.4, -0.2) is 30.2 Å². The third-order valence-corrected chi connectivity index (χ3v) is 1.41. The number of aliphatic hydroxyl groups is 1. The van der Waals surface area contributed by atoms with Crippen LogP contribution in [0.25, 0.3) is 0 Å². The van der Waals surface area contributed by atoms with Crippen molar-refractivity contribution in [1.82, 2.24) is 5.32 Å². The molecule has 1 heterocycles. The minimum atomic E-state index is -2.60. The van der Waals surface area contributed by atoms with Gasteiger partial charge in [0.1, 0.15) is 0 Å². The predicted octanol–water partition coefficient (Wildman–Crippen LogP) is -0.0241. The minimum absolute atomic E-state index is 0.199. The van der Waals surface area contributed by atoms with Crippen LogP contribution in [0.1, 0.15) is 6.42 Å². The predicted molar refractivity (Wildman–Crippen MR) is 28.4 cm³/mol. The molecule has 0 aliphatic carbocycles. The van der Waals surface area contributed by atoms with E-state index < -0.39 is 12.0 Å². The van der Waals surface area contributed by atoms with Crippen LogP contribution in [0.3, 0.4) is 0 Å². The molecule has 0 spiro atoms. The first-order valence-electron chi connectivity index (χ1n) is 2.86. The molecule has 0 aromatic rings. The monoisotopic (exact) mass is 137 g/mol. The first-order chi connectivity index (χ1) is 4.14. The Morgan fingerprint density at radius 3 is 2.56 bits per heavy atom. The highest BCUT2D eigenvalue weighted by molar-refractivity contribution is 4.86. The molecule has 1 fully saturated rings. The molecule has 0 amide bonds. The number of alkyl halides is 2. The molecule has 0 unspecified atom stereocenters. The van der Waals surface area contributed by atoms with Crippen LogP contribution < -0.4 is 5.32 Å². The lowest BCUT2D eigenvalue weighted by atomic mass is 10.2. The summed E-state index contributed by atoms with van der Waals surface area (Å²) in [7, 11) is 0. The molecule has 0 radical (unpaired) electrons. The molecule has 0 saturated carbocycles. The van der Waals surface area contributed by atoms with Gasteiger partial charge in [0.25, 0.3) is 5.92 Å². The van der Waals surface area contributed by atoms with Gasteiger partial charge in [0, 0.05) is 12.5 Å². The van der Waals surface area contributed by atoms with Gasteiger partial charge in [-0.05, 0) is 0 Å². The molecule has 1 aliphatic heterocycles. The lowest BCUT2D eigenvalue weighted by Gasteiger charge is -2.04. The Kier molecular flexibility index (Phi) is 1.68. The first-order valence-corrected chi connectivity index (χ1v) is 2.86. The smallest absolute Gasteiger partial charge is 0.261 e. The number of rotatable bonds is 1. The Balaban J connectivity index is 2.38. The maximum atomic E-state index is 12.2. The molecular formula is C5H9F2NO. The maximum Gasteiger partial charge on any atom is 0.261 e. The van der Waals surface area contributed by atoms with Crippen LogP contribution in [0.2, 0.25) is 0 Å². The summed E-state index contributed by atoms with van der Waals surface area (Å²) in [6, 6.07) is -0.403. The Bertz CT molecular complexity index is 107. The summed E-state index contributed by atoms with van der Waals surface area (Å²) in [6.07, 6.45) is -0.233. The fourth-order valence-electron chi connectivity index (χ4n) is 0.928. The molecule has 9 heavy (non-hydrogen) atoms. The Morgan fingerprint density at radius 1 is 1.67 bits per heavy atom. The fraction of sp³-hybridized carbons (Fsp3) is 1.00. The molecule has 2 N–H and O–H groups in total. The zero-order valence-corrected chi connectivity index (χ0v) is 4.90. The van der Waals surface area contributed by atoms with Crippen LogP contribution in [0.15, 0.2) is 0 Å². The van der Waals surface area contributed by atoms with E-state index in [1.807, 2.05) is 0 Å². The van der Waals surface area contributed by atoms with Gasteiger partial charge in [-0.15, -0.1) is 0 Å². The van der Waals surface area contributed by atoms with Gasteiger partial charge in [0.2, 0.25) is 0 Å². The Hall–Kier alpha value is -0.220. The molecule has 2 nitrogen and oxygen atoms in total. The van der Waals surface area contributed by atoms with Gasteiger partial charge in [-0.3, -0.25) is 0 Å². The van der Waals surface area contributed by atoms with Gasteiger partial charge < -0.3 is 10.4 Å². The zero-order chi connectivity index (χ0) is 6.91. The van der Waals surface area contributed by atoms with Crippen molar-refractivity contribution < 1.29 is 13.9 Å². The van der Waals surface area contributed by atoms with E-state index in [1.165, 1.54) is 0 Å². The second-order valence-electron chi connectivity index (χ2n) is 2.32. The summed E-state index contributed by atoms with van der Waals surface area (Å²) in [5.74, 6) is -2.60. The molecule has 0 aromatic heterocycles. The molecule has 0 bridgehead atoms. The lowest BCUT2D eigenvalue weighted by molar-refractivity contribution is 0.0192. The normalized spacial score (nSPS) is 33.0. The van der Waals surface area contributed by atoms with Crippen LogP contribution in [0.5, 0.6) is 0 Å². The minimum Gasteiger partial charge on any atom is -0.395 e. The van der Waals surface area contributed by atoms with Gasteiger partial charge >= 0.3 is 0 Å². The SMILES string of the molecule is OC[C@@H]1CC(F)(F)CN1. The molecule has 1 rings (SSSR count). The van der Waals surface area contributed by atoms with E-state index in [1.54, 1.807) is 0 Å². The van der Waals surface area contributed by atoms with Crippen molar-refractivity contribution in [3.05, 3.63) is 0 Å². The van der Waals surface area contributed by atoms with E-state index in [-0.39, 0.29) is 19.6 Å². The topological polar surface area (TPSA) is 32.3 Å². The summed E-state index contributed by atoms with van der Waals surface area (Å²) in [5.41, 5.74) is 0. The van der Waals surface area contributed by atoms with Crippen LogP contribution in [0, 0.1) is 0 Å². The van der Waals surface area contributed by atoms with E-state index >= 15 is 0 Å². The van der Waals surface area contributed by atoms with E-state index in [9.17, 15) is 8.78 Å². The van der Waals surface area contributed by atoms with Gasteiger partial charge in [-0.25, -0.2) is 8.78 Å². The molecule has 0 aromatic carbocycles. The summed E-state index contributed by atoms with van der Waals surface area (Å²) >= 11 is 0. The molecule has 1 aliphatic rings. The number of nitrogens with one attached hydrogen (secondary N) is 1. The third-order valence-electron chi connectivity index (χ3n) is 1.41. The number of halogens is 2. The molecule has 1 atom stereocenters. The number of hydrogen-bond acceptors (Lipinski definition) is 2. The van der Waals surface area contributed by atoms with Gasteiger partial charge in [-0.2, -0.15) is 0 Å². The van der Waals surface area contributed by atoms with Crippen molar-refractivity contribution in [2.75, 3.05) is 13.2 Å². The summed E-state index contributed by atoms with van der Waals surface area (Å²) < 4.78 is 24.4. The van der Waals surface area contributed by atoms with Gasteiger partial charge in [-0.1, -0.05) is 0 Å². The van der Waals surface area contributed by atoms with E-state index in [0.29, 0.717) is 0 Å². The summed E-state index contributed by atoms with van der Waals surface area (Å²) in [6.45, 7) is -0.492. The maximum absolute atomic E-state index is 12.2.